The number of hydrogen-bond donors (Lipinski definition) is 1. The lowest BCUT2D eigenvalue weighted by Gasteiger charge is -2.13. The van der Waals surface area contributed by atoms with Gasteiger partial charge in [0.1, 0.15) is 18.2 Å². The molecule has 1 aromatic heterocycles. The molecular formula is C21H23FN2O3. The van der Waals surface area contributed by atoms with Gasteiger partial charge in [0.2, 0.25) is 0 Å². The minimum atomic E-state index is -0.226. The van der Waals surface area contributed by atoms with Crippen molar-refractivity contribution >= 4 is 0 Å². The van der Waals surface area contributed by atoms with E-state index >= 15 is 0 Å². The summed E-state index contributed by atoms with van der Waals surface area (Å²) in [6.45, 7) is 5.35. The van der Waals surface area contributed by atoms with Gasteiger partial charge in [-0.05, 0) is 49.2 Å². The van der Waals surface area contributed by atoms with E-state index in [4.69, 9.17) is 14.0 Å². The second-order valence-corrected chi connectivity index (χ2v) is 6.31. The molecule has 5 nitrogen and oxygen atoms in total. The van der Waals surface area contributed by atoms with Gasteiger partial charge in [0.25, 0.3) is 0 Å². The van der Waals surface area contributed by atoms with Gasteiger partial charge in [-0.3, -0.25) is 0 Å². The van der Waals surface area contributed by atoms with Crippen LogP contribution in [0.25, 0.3) is 0 Å². The molecule has 0 saturated heterocycles. The van der Waals surface area contributed by atoms with Crippen molar-refractivity contribution < 1.29 is 18.4 Å². The summed E-state index contributed by atoms with van der Waals surface area (Å²) in [5.41, 5.74) is 3.72. The van der Waals surface area contributed by atoms with Crippen molar-refractivity contribution in [1.29, 1.82) is 0 Å². The maximum atomic E-state index is 13.2. The third-order valence-corrected chi connectivity index (χ3v) is 4.33. The molecule has 0 aliphatic heterocycles. The molecule has 0 amide bonds. The van der Waals surface area contributed by atoms with Crippen LogP contribution in [0.15, 0.2) is 47.0 Å². The molecule has 0 radical (unpaired) electrons. The highest BCUT2D eigenvalue weighted by Gasteiger charge is 2.12. The SMILES string of the molecule is COc1cc(CNCc2cccc(F)c2)ccc1OCc1c(C)noc1C. The van der Waals surface area contributed by atoms with E-state index in [1.54, 1.807) is 13.2 Å². The Bertz CT molecular complexity index is 889. The van der Waals surface area contributed by atoms with Crippen LogP contribution in [0, 0.1) is 19.7 Å². The second-order valence-electron chi connectivity index (χ2n) is 6.31. The van der Waals surface area contributed by atoms with Gasteiger partial charge in [0.15, 0.2) is 11.5 Å². The van der Waals surface area contributed by atoms with Gasteiger partial charge < -0.3 is 19.3 Å². The molecule has 0 aliphatic rings. The first-order chi connectivity index (χ1) is 13.1. The van der Waals surface area contributed by atoms with Gasteiger partial charge in [-0.25, -0.2) is 4.39 Å². The average Bonchev–Trinajstić information content (AvgIpc) is 2.98. The monoisotopic (exact) mass is 370 g/mol. The second kappa shape index (κ2) is 8.68. The summed E-state index contributed by atoms with van der Waals surface area (Å²) in [7, 11) is 1.61. The van der Waals surface area contributed by atoms with Gasteiger partial charge in [0.05, 0.1) is 18.4 Å². The molecule has 1 N–H and O–H groups in total. The van der Waals surface area contributed by atoms with E-state index in [-0.39, 0.29) is 5.82 Å². The van der Waals surface area contributed by atoms with E-state index in [0.717, 1.165) is 28.1 Å². The van der Waals surface area contributed by atoms with Crippen LogP contribution in [0.1, 0.15) is 28.1 Å². The number of rotatable bonds is 8. The lowest BCUT2D eigenvalue weighted by atomic mass is 10.1. The highest BCUT2D eigenvalue weighted by molar-refractivity contribution is 5.43. The van der Waals surface area contributed by atoms with Crippen molar-refractivity contribution in [3.63, 3.8) is 0 Å². The molecule has 0 atom stereocenters. The van der Waals surface area contributed by atoms with Gasteiger partial charge in [0, 0.05) is 13.1 Å². The zero-order valence-electron chi connectivity index (χ0n) is 15.7. The summed E-state index contributed by atoms with van der Waals surface area (Å²) >= 11 is 0. The van der Waals surface area contributed by atoms with Crippen LogP contribution in [0.3, 0.4) is 0 Å². The summed E-state index contributed by atoms with van der Waals surface area (Å²) in [6.07, 6.45) is 0. The quantitative estimate of drug-likeness (QED) is 0.640. The molecule has 27 heavy (non-hydrogen) atoms. The standard InChI is InChI=1S/C21H23FN2O3/c1-14-19(15(2)27-24-14)13-26-20-8-7-17(10-21(20)25-3)12-23-11-16-5-4-6-18(22)9-16/h4-10,23H,11-13H2,1-3H3. The molecule has 0 bridgehead atoms. The fourth-order valence-electron chi connectivity index (χ4n) is 2.80. The molecule has 0 saturated carbocycles. The Kier molecular flexibility index (Phi) is 6.08. The van der Waals surface area contributed by atoms with Crippen molar-refractivity contribution in [1.82, 2.24) is 10.5 Å². The molecule has 2 aromatic carbocycles. The first-order valence-electron chi connectivity index (χ1n) is 8.73. The minimum absolute atomic E-state index is 0.226. The highest BCUT2D eigenvalue weighted by atomic mass is 19.1. The van der Waals surface area contributed by atoms with Crippen molar-refractivity contribution in [2.75, 3.05) is 7.11 Å². The molecule has 3 rings (SSSR count). The van der Waals surface area contributed by atoms with Gasteiger partial charge >= 0.3 is 0 Å². The topological polar surface area (TPSA) is 56.5 Å². The smallest absolute Gasteiger partial charge is 0.161 e. The molecule has 142 valence electrons. The molecule has 6 heteroatoms. The lowest BCUT2D eigenvalue weighted by molar-refractivity contribution is 0.281. The predicted molar refractivity (Wildman–Crippen MR) is 100 cm³/mol. The van der Waals surface area contributed by atoms with E-state index in [0.29, 0.717) is 31.2 Å². The van der Waals surface area contributed by atoms with Gasteiger partial charge in [-0.1, -0.05) is 23.4 Å². The van der Waals surface area contributed by atoms with E-state index in [9.17, 15) is 4.39 Å². The zero-order chi connectivity index (χ0) is 19.2. The normalized spacial score (nSPS) is 10.8. The lowest BCUT2D eigenvalue weighted by Crippen LogP contribution is -2.13. The summed E-state index contributed by atoms with van der Waals surface area (Å²) < 4.78 is 29.7. The number of nitrogens with one attached hydrogen (secondary N) is 1. The molecule has 0 spiro atoms. The van der Waals surface area contributed by atoms with Crippen molar-refractivity contribution in [2.24, 2.45) is 0 Å². The van der Waals surface area contributed by atoms with Crippen LogP contribution in [0.5, 0.6) is 11.5 Å². The average molecular weight is 370 g/mol. The molecule has 1 heterocycles. The Balaban J connectivity index is 1.60. The number of nitrogens with zero attached hydrogens (tertiary/aromatic N) is 1. The number of benzene rings is 2. The van der Waals surface area contributed by atoms with Crippen molar-refractivity contribution in [3.05, 3.63) is 76.4 Å². The molecule has 0 unspecified atom stereocenters. The largest absolute Gasteiger partial charge is 0.493 e. The Labute approximate surface area is 158 Å². The Hall–Kier alpha value is -2.86. The summed E-state index contributed by atoms with van der Waals surface area (Å²) in [6, 6.07) is 12.4. The van der Waals surface area contributed by atoms with Crippen molar-refractivity contribution in [2.45, 2.75) is 33.5 Å². The fraction of sp³-hybridized carbons (Fsp3) is 0.286. The summed E-state index contributed by atoms with van der Waals surface area (Å²) in [4.78, 5) is 0. The molecular weight excluding hydrogens is 347 g/mol. The number of hydrogen-bond acceptors (Lipinski definition) is 5. The number of halogens is 1. The number of aryl methyl sites for hydroxylation is 2. The van der Waals surface area contributed by atoms with E-state index < -0.39 is 0 Å². The third kappa shape index (κ3) is 4.86. The first-order valence-corrected chi connectivity index (χ1v) is 8.73. The number of ether oxygens (including phenoxy) is 2. The van der Waals surface area contributed by atoms with Crippen LogP contribution in [-0.2, 0) is 19.7 Å². The van der Waals surface area contributed by atoms with Crippen LogP contribution >= 0.6 is 0 Å². The van der Waals surface area contributed by atoms with Gasteiger partial charge in [-0.15, -0.1) is 0 Å². The van der Waals surface area contributed by atoms with Gasteiger partial charge in [-0.2, -0.15) is 0 Å². The van der Waals surface area contributed by atoms with Crippen LogP contribution in [-0.4, -0.2) is 12.3 Å². The molecule has 3 aromatic rings. The molecule has 0 aliphatic carbocycles. The van der Waals surface area contributed by atoms with Crippen LogP contribution < -0.4 is 14.8 Å². The predicted octanol–water partition coefficient (Wildman–Crippen LogP) is 4.31. The fourth-order valence-corrected chi connectivity index (χ4v) is 2.80. The summed E-state index contributed by atoms with van der Waals surface area (Å²) in [5.74, 6) is 1.85. The maximum absolute atomic E-state index is 13.2. The Morgan fingerprint density at radius 2 is 1.81 bits per heavy atom. The van der Waals surface area contributed by atoms with E-state index in [1.807, 2.05) is 38.1 Å². The van der Waals surface area contributed by atoms with E-state index in [1.165, 1.54) is 12.1 Å². The summed E-state index contributed by atoms with van der Waals surface area (Å²) in [5, 5.41) is 7.23. The van der Waals surface area contributed by atoms with Crippen LogP contribution in [0.4, 0.5) is 4.39 Å². The number of aromatic nitrogens is 1. The van der Waals surface area contributed by atoms with Crippen LogP contribution in [0.2, 0.25) is 0 Å². The number of methoxy groups -OCH3 is 1. The zero-order valence-corrected chi connectivity index (χ0v) is 15.7. The molecule has 0 fully saturated rings. The first kappa shape index (κ1) is 18.9. The van der Waals surface area contributed by atoms with E-state index in [2.05, 4.69) is 10.5 Å². The minimum Gasteiger partial charge on any atom is -0.493 e. The maximum Gasteiger partial charge on any atom is 0.161 e. The van der Waals surface area contributed by atoms with Crippen molar-refractivity contribution in [3.8, 4) is 11.5 Å². The Morgan fingerprint density at radius 1 is 1.04 bits per heavy atom. The Morgan fingerprint density at radius 3 is 2.48 bits per heavy atom. The third-order valence-electron chi connectivity index (χ3n) is 4.33. The highest BCUT2D eigenvalue weighted by Crippen LogP contribution is 2.29.